The molecule has 1 atom stereocenters. The first-order valence-corrected chi connectivity index (χ1v) is 11.0. The van der Waals surface area contributed by atoms with Crippen LogP contribution in [-0.4, -0.2) is 70.9 Å². The predicted molar refractivity (Wildman–Crippen MR) is 129 cm³/mol. The number of alkyl halides is 2. The highest BCUT2D eigenvalue weighted by Crippen LogP contribution is 2.35. The summed E-state index contributed by atoms with van der Waals surface area (Å²) in [7, 11) is 23.8. The molecule has 1 saturated heterocycles. The van der Waals surface area contributed by atoms with E-state index in [1.54, 1.807) is 0 Å². The minimum absolute atomic E-state index is 0.0194. The third-order valence-corrected chi connectivity index (χ3v) is 6.47. The van der Waals surface area contributed by atoms with Crippen LogP contribution in [0.15, 0.2) is 36.4 Å². The molecule has 1 fully saturated rings. The first-order chi connectivity index (χ1) is 16.7. The van der Waals surface area contributed by atoms with Crippen LogP contribution in [-0.2, 0) is 32.2 Å². The molecule has 2 aliphatic rings. The van der Waals surface area contributed by atoms with E-state index < -0.39 is 46.5 Å². The van der Waals surface area contributed by atoms with Gasteiger partial charge in [-0.1, -0.05) is 41.3 Å². The fourth-order valence-electron chi connectivity index (χ4n) is 4.21. The lowest BCUT2D eigenvalue weighted by molar-refractivity contribution is -0.155. The van der Waals surface area contributed by atoms with Crippen molar-refractivity contribution in [3.05, 3.63) is 63.7 Å². The Bertz CT molecular complexity index is 1290. The molecule has 2 aromatic rings. The maximum absolute atomic E-state index is 14.9. The summed E-state index contributed by atoms with van der Waals surface area (Å²) in [6.07, 6.45) is 0.194. The molecule has 2 aliphatic heterocycles. The molecule has 0 spiro atoms. The number of halogens is 3. The molecule has 4 amide bonds. The molecule has 2 heterocycles. The molecule has 0 aromatic heterocycles. The molecule has 14 heteroatoms. The summed E-state index contributed by atoms with van der Waals surface area (Å²) in [6, 6.07) is 5.90. The Labute approximate surface area is 215 Å². The first kappa shape index (κ1) is 26.0. The largest absolute Gasteiger partial charge is 0.398 e. The number of hydrogen-bond acceptors (Lipinski definition) is 4. The lowest BCUT2D eigenvalue weighted by Crippen LogP contribution is -2.55. The Morgan fingerprint density at radius 2 is 1.78 bits per heavy atom. The molecule has 1 N–H and O–H groups in total. The van der Waals surface area contributed by atoms with E-state index in [1.165, 1.54) is 29.2 Å². The van der Waals surface area contributed by atoms with Crippen molar-refractivity contribution in [2.45, 2.75) is 36.7 Å². The number of fused-ring (bicyclic) bond motifs is 1. The third kappa shape index (κ3) is 4.34. The quantitative estimate of drug-likeness (QED) is 0.464. The van der Waals surface area contributed by atoms with Crippen LogP contribution in [0.3, 0.4) is 0 Å². The van der Waals surface area contributed by atoms with Gasteiger partial charge >= 0.3 is 5.92 Å². The minimum atomic E-state index is -4.10. The third-order valence-electron chi connectivity index (χ3n) is 6.22. The highest BCUT2D eigenvalue weighted by Gasteiger charge is 2.46. The Morgan fingerprint density at radius 1 is 1.14 bits per heavy atom. The van der Waals surface area contributed by atoms with Crippen molar-refractivity contribution >= 4 is 72.2 Å². The van der Waals surface area contributed by atoms with Crippen LogP contribution in [0.4, 0.5) is 8.78 Å². The van der Waals surface area contributed by atoms with Crippen LogP contribution >= 0.6 is 11.6 Å². The Kier molecular flexibility index (Phi) is 6.58. The number of carbonyl (C=O) groups is 4. The zero-order valence-corrected chi connectivity index (χ0v) is 19.4. The fourth-order valence-corrected chi connectivity index (χ4v) is 4.34. The number of rotatable bonds is 5. The van der Waals surface area contributed by atoms with Crippen LogP contribution in [0.25, 0.3) is 0 Å². The van der Waals surface area contributed by atoms with Crippen LogP contribution in [0.5, 0.6) is 0 Å². The Balaban J connectivity index is 1.62. The normalized spacial score (nSPS) is 18.1. The zero-order chi connectivity index (χ0) is 26.6. The topological polar surface area (TPSA) is 86.8 Å². The second-order valence-corrected chi connectivity index (χ2v) is 9.01. The molecule has 7 nitrogen and oxygen atoms in total. The van der Waals surface area contributed by atoms with E-state index in [-0.39, 0.29) is 45.8 Å². The number of piperidine rings is 1. The molecular formula is C22H14B4ClF2N3O4. The van der Waals surface area contributed by atoms with Crippen molar-refractivity contribution in [2.24, 2.45) is 0 Å². The lowest BCUT2D eigenvalue weighted by Gasteiger charge is -2.41. The summed E-state index contributed by atoms with van der Waals surface area (Å²) in [4.78, 5) is 50.5. The number of imide groups is 1. The van der Waals surface area contributed by atoms with Gasteiger partial charge in [-0.15, -0.1) is 0 Å². The van der Waals surface area contributed by atoms with E-state index in [0.29, 0.717) is 5.56 Å². The van der Waals surface area contributed by atoms with Crippen LogP contribution in [0, 0.1) is 0 Å². The molecule has 1 unspecified atom stereocenters. The van der Waals surface area contributed by atoms with Crippen molar-refractivity contribution in [1.82, 2.24) is 15.0 Å². The summed E-state index contributed by atoms with van der Waals surface area (Å²) in [5.74, 6) is -7.59. The van der Waals surface area contributed by atoms with E-state index in [0.717, 1.165) is 12.1 Å². The van der Waals surface area contributed by atoms with Gasteiger partial charge in [-0.25, -0.2) is 0 Å². The van der Waals surface area contributed by atoms with Gasteiger partial charge < -0.3 is 9.71 Å². The molecule has 0 saturated carbocycles. The van der Waals surface area contributed by atoms with Crippen molar-refractivity contribution in [1.29, 1.82) is 0 Å². The molecule has 36 heavy (non-hydrogen) atoms. The summed E-state index contributed by atoms with van der Waals surface area (Å²) in [6.45, 7) is -0.0662. The van der Waals surface area contributed by atoms with Crippen molar-refractivity contribution < 1.29 is 28.0 Å². The van der Waals surface area contributed by atoms with Crippen LogP contribution in [0.2, 0.25) is 5.02 Å². The molecule has 2 aromatic carbocycles. The molecule has 174 valence electrons. The van der Waals surface area contributed by atoms with E-state index >= 15 is 0 Å². The van der Waals surface area contributed by atoms with Gasteiger partial charge in [0.15, 0.2) is 0 Å². The number of amides is 4. The predicted octanol–water partition coefficient (Wildman–Crippen LogP) is 0.0462. The molecule has 8 radical (unpaired) electrons. The molecule has 0 bridgehead atoms. The van der Waals surface area contributed by atoms with E-state index in [9.17, 15) is 28.0 Å². The smallest absolute Gasteiger partial charge is 0.348 e. The van der Waals surface area contributed by atoms with Gasteiger partial charge in [0.1, 0.15) is 13.9 Å². The van der Waals surface area contributed by atoms with Gasteiger partial charge in [-0.2, -0.15) is 8.78 Å². The molecular weight excluding hydrogens is 487 g/mol. The first-order valence-electron chi connectivity index (χ1n) is 10.6. The van der Waals surface area contributed by atoms with Gasteiger partial charge in [0.2, 0.25) is 19.8 Å². The van der Waals surface area contributed by atoms with E-state index in [1.807, 2.05) is 0 Å². The van der Waals surface area contributed by atoms with E-state index in [2.05, 4.69) is 5.32 Å². The summed E-state index contributed by atoms with van der Waals surface area (Å²) in [5.41, 5.74) is -0.592. The molecule has 4 rings (SSSR count). The van der Waals surface area contributed by atoms with Gasteiger partial charge in [-0.05, 0) is 35.0 Å². The van der Waals surface area contributed by atoms with Crippen LogP contribution in [0.1, 0.15) is 39.9 Å². The van der Waals surface area contributed by atoms with Gasteiger partial charge in [0, 0.05) is 29.1 Å². The summed E-state index contributed by atoms with van der Waals surface area (Å²) >= 11 is 5.72. The fraction of sp³-hybridized carbons (Fsp3) is 0.273. The average Bonchev–Trinajstić information content (AvgIpc) is 3.13. The van der Waals surface area contributed by atoms with Gasteiger partial charge in [-0.3, -0.25) is 24.5 Å². The second kappa shape index (κ2) is 9.10. The molecule has 0 aliphatic carbocycles. The highest BCUT2D eigenvalue weighted by atomic mass is 35.5. The SMILES string of the molecule is [B]c1cc2c(cc1C([B])([B])N([B])C(=O)C(F)(F)c1ccc(Cl)cc1)CN(C1CCC(=O)NC1=O)C2=O. The summed E-state index contributed by atoms with van der Waals surface area (Å²) < 4.78 is 29.8. The Hall–Kier alpha value is -3.07. The van der Waals surface area contributed by atoms with Crippen molar-refractivity contribution in [3.63, 3.8) is 0 Å². The number of carbonyl (C=O) groups excluding carboxylic acids is 4. The van der Waals surface area contributed by atoms with E-state index in [4.69, 9.17) is 43.1 Å². The van der Waals surface area contributed by atoms with Crippen molar-refractivity contribution in [3.8, 4) is 0 Å². The van der Waals surface area contributed by atoms with Gasteiger partial charge in [0.05, 0.1) is 15.7 Å². The average molecular weight is 501 g/mol. The van der Waals surface area contributed by atoms with Crippen LogP contribution < -0.4 is 10.8 Å². The van der Waals surface area contributed by atoms with Gasteiger partial charge in [0.25, 0.3) is 11.8 Å². The maximum Gasteiger partial charge on any atom is 0.348 e. The number of hydrogen-bond donors (Lipinski definition) is 1. The second-order valence-electron chi connectivity index (χ2n) is 8.58. The maximum atomic E-state index is 14.9. The lowest BCUT2D eigenvalue weighted by atomic mass is 9.53. The highest BCUT2D eigenvalue weighted by molar-refractivity contribution is 6.46. The minimum Gasteiger partial charge on any atom is -0.398 e. The Morgan fingerprint density at radius 3 is 2.39 bits per heavy atom. The number of nitrogens with one attached hydrogen (secondary N) is 1. The van der Waals surface area contributed by atoms with Crippen molar-refractivity contribution in [2.75, 3.05) is 0 Å². The summed E-state index contributed by atoms with van der Waals surface area (Å²) in [5, 5.41) is -0.134. The zero-order valence-electron chi connectivity index (χ0n) is 18.6. The monoisotopic (exact) mass is 501 g/mol. The number of benzene rings is 2. The standard InChI is InChI=1S/C22H14B4ClF2N3O4/c23-15-8-13-10(9-31(19(13)35)16-5-6-17(33)30-18(16)34)7-14(15)22(24,25)32(26)20(36)21(28,29)11-1-3-12(27)4-2-11/h1-4,7-8,16H,5-6,9H2,(H,30,33,34). The number of nitrogens with zero attached hydrogens (tertiary/aromatic N) is 2.